The minimum Gasteiger partial charge on any atom is -0.385 e. The van der Waals surface area contributed by atoms with Gasteiger partial charge in [0, 0.05) is 66.9 Å². The Bertz CT molecular complexity index is 1470. The molecule has 1 saturated carbocycles. The summed E-state index contributed by atoms with van der Waals surface area (Å²) < 4.78 is 0. The fourth-order valence-corrected chi connectivity index (χ4v) is 5.73. The maximum Gasteiger partial charge on any atom is 0.253 e. The van der Waals surface area contributed by atoms with Crippen molar-refractivity contribution in [3.05, 3.63) is 80.5 Å². The maximum atomic E-state index is 13.6. The molecule has 0 aliphatic heterocycles. The Labute approximate surface area is 248 Å². The summed E-state index contributed by atoms with van der Waals surface area (Å²) in [6.45, 7) is 8.93. The van der Waals surface area contributed by atoms with Crippen LogP contribution in [-0.2, 0) is 17.9 Å². The molecule has 9 heteroatoms. The fourth-order valence-electron chi connectivity index (χ4n) is 5.73. The Morgan fingerprint density at radius 2 is 1.76 bits per heavy atom. The molecule has 1 aliphatic carbocycles. The van der Waals surface area contributed by atoms with Gasteiger partial charge in [-0.15, -0.1) is 0 Å². The van der Waals surface area contributed by atoms with Crippen molar-refractivity contribution in [2.45, 2.75) is 72.5 Å². The number of aryl methyl sites for hydroxylation is 2. The molecule has 2 heterocycles. The average Bonchev–Trinajstić information content (AvgIpc) is 2.92. The first kappa shape index (κ1) is 31.0. The van der Waals surface area contributed by atoms with E-state index in [4.69, 9.17) is 0 Å². The first-order chi connectivity index (χ1) is 20.0. The molecule has 0 spiro atoms. The van der Waals surface area contributed by atoms with Gasteiger partial charge in [-0.05, 0) is 107 Å². The number of hydrogen-bond donors (Lipinski definition) is 4. The molecule has 0 radical (unpaired) electrons. The summed E-state index contributed by atoms with van der Waals surface area (Å²) in [6, 6.07) is 10.2. The predicted molar refractivity (Wildman–Crippen MR) is 168 cm³/mol. The summed E-state index contributed by atoms with van der Waals surface area (Å²) in [5.74, 6) is 0.282. The summed E-state index contributed by atoms with van der Waals surface area (Å²) in [5.41, 5.74) is 7.13. The summed E-state index contributed by atoms with van der Waals surface area (Å²) in [4.78, 5) is 47.1. The number of nitrogens with one attached hydrogen (secondary N) is 4. The van der Waals surface area contributed by atoms with Crippen molar-refractivity contribution >= 4 is 17.5 Å². The van der Waals surface area contributed by atoms with Crippen LogP contribution < -0.4 is 21.5 Å². The van der Waals surface area contributed by atoms with Gasteiger partial charge in [-0.25, -0.2) is 0 Å². The largest absolute Gasteiger partial charge is 0.385 e. The number of amides is 2. The molecule has 1 aromatic carbocycles. The van der Waals surface area contributed by atoms with E-state index in [0.717, 1.165) is 78.1 Å². The number of H-pyrrole nitrogens is 1. The van der Waals surface area contributed by atoms with Crippen molar-refractivity contribution in [1.82, 2.24) is 25.5 Å². The molecule has 0 bridgehead atoms. The van der Waals surface area contributed by atoms with Crippen LogP contribution in [0.25, 0.3) is 11.1 Å². The number of aromatic nitrogens is 2. The third-order valence-corrected chi connectivity index (χ3v) is 8.04. The molecule has 2 amide bonds. The number of hydrogen-bond acceptors (Lipinski definition) is 6. The molecule has 9 nitrogen and oxygen atoms in total. The van der Waals surface area contributed by atoms with E-state index >= 15 is 0 Å². The first-order valence-electron chi connectivity index (χ1n) is 14.7. The highest BCUT2D eigenvalue weighted by Gasteiger charge is 2.22. The van der Waals surface area contributed by atoms with Gasteiger partial charge < -0.3 is 25.8 Å². The zero-order chi connectivity index (χ0) is 30.4. The fraction of sp³-hybridized carbons (Fsp3) is 0.455. The number of carbonyl (C=O) groups excluding carboxylic acids is 2. The highest BCUT2D eigenvalue weighted by atomic mass is 16.2. The minimum absolute atomic E-state index is 0.0289. The van der Waals surface area contributed by atoms with Gasteiger partial charge in [0.15, 0.2) is 0 Å². The third-order valence-electron chi connectivity index (χ3n) is 8.04. The van der Waals surface area contributed by atoms with Gasteiger partial charge in [0.1, 0.15) is 0 Å². The van der Waals surface area contributed by atoms with Gasteiger partial charge in [0.05, 0.1) is 5.69 Å². The Morgan fingerprint density at radius 3 is 2.38 bits per heavy atom. The van der Waals surface area contributed by atoms with Crippen LogP contribution in [0.1, 0.15) is 71.0 Å². The molecule has 1 aliphatic rings. The monoisotopic (exact) mass is 572 g/mol. The van der Waals surface area contributed by atoms with Crippen LogP contribution in [-0.4, -0.2) is 53.4 Å². The normalized spacial score (nSPS) is 16.7. The van der Waals surface area contributed by atoms with Crippen LogP contribution in [0.15, 0.2) is 41.3 Å². The topological polar surface area (TPSA) is 119 Å². The summed E-state index contributed by atoms with van der Waals surface area (Å²) in [6.07, 6.45) is 5.87. The van der Waals surface area contributed by atoms with Crippen molar-refractivity contribution in [3.8, 4) is 11.1 Å². The van der Waals surface area contributed by atoms with Gasteiger partial charge in [-0.3, -0.25) is 19.4 Å². The van der Waals surface area contributed by atoms with Gasteiger partial charge in [-0.2, -0.15) is 0 Å². The van der Waals surface area contributed by atoms with Crippen molar-refractivity contribution in [1.29, 1.82) is 0 Å². The molecular formula is C33H44N6O3. The average molecular weight is 573 g/mol. The van der Waals surface area contributed by atoms with Crippen molar-refractivity contribution in [2.75, 3.05) is 26.0 Å². The van der Waals surface area contributed by atoms with E-state index < -0.39 is 0 Å². The Balaban J connectivity index is 1.57. The highest BCUT2D eigenvalue weighted by Crippen LogP contribution is 2.31. The second kappa shape index (κ2) is 13.8. The summed E-state index contributed by atoms with van der Waals surface area (Å²) in [7, 11) is 4.02. The molecule has 0 saturated heterocycles. The Morgan fingerprint density at radius 1 is 1.02 bits per heavy atom. The second-order valence-corrected chi connectivity index (χ2v) is 11.9. The smallest absolute Gasteiger partial charge is 0.253 e. The zero-order valence-electron chi connectivity index (χ0n) is 25.7. The molecule has 224 valence electrons. The SMILES string of the molecule is CC(=O)NC1CCC(CNc2cc(-c3ccc(CN(C)C)nc3)cc(C(=O)NCc3c(C)cc(C)[nH]c3=O)c2C)CC1. The Hall–Kier alpha value is -3.98. The van der Waals surface area contributed by atoms with E-state index in [1.54, 1.807) is 6.92 Å². The lowest BCUT2D eigenvalue weighted by molar-refractivity contribution is -0.119. The molecule has 4 rings (SSSR count). The Kier molecular flexibility index (Phi) is 10.2. The first-order valence-corrected chi connectivity index (χ1v) is 14.7. The minimum atomic E-state index is -0.232. The van der Waals surface area contributed by atoms with Gasteiger partial charge in [0.2, 0.25) is 5.91 Å². The van der Waals surface area contributed by atoms with Crippen LogP contribution >= 0.6 is 0 Å². The van der Waals surface area contributed by atoms with Crippen LogP contribution in [0, 0.1) is 26.7 Å². The lowest BCUT2D eigenvalue weighted by atomic mass is 9.86. The standard InChI is InChI=1S/C33H44N6O3/c1-20-13-21(2)37-33(42)30(20)18-36-32(41)29-14-26(25-9-12-28(34-17-25)19-39(5)6)15-31(22(29)3)35-16-24-7-10-27(11-8-24)38-23(4)40/h9,12-15,17,24,27,35H,7-8,10-11,16,18-19H2,1-6H3,(H,36,41)(H,37,42)(H,38,40). The molecule has 4 N–H and O–H groups in total. The van der Waals surface area contributed by atoms with Crippen LogP contribution in [0.2, 0.25) is 0 Å². The van der Waals surface area contributed by atoms with E-state index in [-0.39, 0.29) is 30.0 Å². The van der Waals surface area contributed by atoms with E-state index in [0.29, 0.717) is 17.0 Å². The summed E-state index contributed by atoms with van der Waals surface area (Å²) in [5, 5.41) is 9.65. The molecule has 0 atom stereocenters. The van der Waals surface area contributed by atoms with Crippen LogP contribution in [0.3, 0.4) is 0 Å². The van der Waals surface area contributed by atoms with Gasteiger partial charge in [0.25, 0.3) is 11.5 Å². The molecule has 0 unspecified atom stereocenters. The number of benzene rings is 1. The van der Waals surface area contributed by atoms with E-state index in [1.165, 1.54) is 0 Å². The van der Waals surface area contributed by atoms with Crippen LogP contribution in [0.4, 0.5) is 5.69 Å². The molecular weight excluding hydrogens is 528 g/mol. The van der Waals surface area contributed by atoms with Crippen molar-refractivity contribution < 1.29 is 9.59 Å². The molecule has 3 aromatic rings. The van der Waals surface area contributed by atoms with Gasteiger partial charge in [-0.1, -0.05) is 6.07 Å². The summed E-state index contributed by atoms with van der Waals surface area (Å²) >= 11 is 0. The quantitative estimate of drug-likeness (QED) is 0.285. The van der Waals surface area contributed by atoms with Crippen molar-refractivity contribution in [3.63, 3.8) is 0 Å². The number of pyridine rings is 2. The number of aromatic amines is 1. The van der Waals surface area contributed by atoms with Gasteiger partial charge >= 0.3 is 0 Å². The van der Waals surface area contributed by atoms with Crippen LogP contribution in [0.5, 0.6) is 0 Å². The predicted octanol–water partition coefficient (Wildman–Crippen LogP) is 4.46. The van der Waals surface area contributed by atoms with E-state index in [1.807, 2.05) is 65.3 Å². The third kappa shape index (κ3) is 8.06. The zero-order valence-corrected chi connectivity index (χ0v) is 25.7. The lowest BCUT2D eigenvalue weighted by Crippen LogP contribution is -2.37. The molecule has 1 fully saturated rings. The number of carbonyl (C=O) groups is 2. The molecule has 2 aromatic heterocycles. The van der Waals surface area contributed by atoms with E-state index in [2.05, 4.69) is 36.9 Å². The van der Waals surface area contributed by atoms with E-state index in [9.17, 15) is 14.4 Å². The second-order valence-electron chi connectivity index (χ2n) is 11.9. The number of anilines is 1. The maximum absolute atomic E-state index is 13.6. The number of rotatable bonds is 10. The van der Waals surface area contributed by atoms with Crippen molar-refractivity contribution in [2.24, 2.45) is 5.92 Å². The number of nitrogens with zero attached hydrogens (tertiary/aromatic N) is 2. The lowest BCUT2D eigenvalue weighted by Gasteiger charge is -2.29. The highest BCUT2D eigenvalue weighted by molar-refractivity contribution is 5.98. The molecule has 42 heavy (non-hydrogen) atoms.